The lowest BCUT2D eigenvalue weighted by molar-refractivity contribution is -0.132. The maximum absolute atomic E-state index is 13.6. The number of carbonyl (C=O) groups is 2. The third-order valence-electron chi connectivity index (χ3n) is 6.37. The van der Waals surface area contributed by atoms with Gasteiger partial charge >= 0.3 is 6.03 Å². The van der Waals surface area contributed by atoms with Gasteiger partial charge in [-0.15, -0.1) is 0 Å². The number of H-pyrrole nitrogens is 1. The molecular formula is C30H33FN4O2. The average molecular weight is 501 g/mol. The summed E-state index contributed by atoms with van der Waals surface area (Å²) >= 11 is 0. The van der Waals surface area contributed by atoms with E-state index in [4.69, 9.17) is 0 Å². The van der Waals surface area contributed by atoms with Crippen molar-refractivity contribution in [2.75, 3.05) is 25.0 Å². The Hall–Kier alpha value is -4.13. The number of aromatic nitrogens is 1. The number of amides is 3. The molecule has 0 spiro atoms. The van der Waals surface area contributed by atoms with E-state index in [1.807, 2.05) is 66.6 Å². The zero-order valence-corrected chi connectivity index (χ0v) is 21.1. The molecule has 0 saturated carbocycles. The highest BCUT2D eigenvalue weighted by atomic mass is 19.1. The van der Waals surface area contributed by atoms with E-state index in [-0.39, 0.29) is 12.5 Å². The molecule has 0 bridgehead atoms. The maximum atomic E-state index is 13.6. The van der Waals surface area contributed by atoms with Crippen molar-refractivity contribution < 1.29 is 14.0 Å². The Balaban J connectivity index is 1.49. The number of nitrogens with one attached hydrogen (secondary N) is 2. The zero-order valence-electron chi connectivity index (χ0n) is 21.1. The number of hydrogen-bond donors (Lipinski definition) is 2. The second-order valence-electron chi connectivity index (χ2n) is 9.13. The van der Waals surface area contributed by atoms with E-state index in [1.165, 1.54) is 17.0 Å². The van der Waals surface area contributed by atoms with Crippen LogP contribution in [0.4, 0.5) is 14.9 Å². The number of unbranched alkanes of at least 4 members (excludes halogenated alkanes) is 1. The molecule has 2 N–H and O–H groups in total. The van der Waals surface area contributed by atoms with Crippen molar-refractivity contribution in [3.63, 3.8) is 0 Å². The number of fused-ring (bicyclic) bond motifs is 1. The molecule has 0 aliphatic heterocycles. The molecule has 0 atom stereocenters. The number of anilines is 1. The lowest BCUT2D eigenvalue weighted by Crippen LogP contribution is -2.45. The number of halogens is 1. The summed E-state index contributed by atoms with van der Waals surface area (Å²) in [5, 5.41) is 3.88. The van der Waals surface area contributed by atoms with Gasteiger partial charge in [-0.1, -0.05) is 67.9 Å². The van der Waals surface area contributed by atoms with Gasteiger partial charge in [-0.3, -0.25) is 4.79 Å². The fourth-order valence-corrected chi connectivity index (χ4v) is 4.32. The first-order valence-electron chi connectivity index (χ1n) is 12.7. The van der Waals surface area contributed by atoms with E-state index >= 15 is 0 Å². The van der Waals surface area contributed by atoms with Gasteiger partial charge in [0.2, 0.25) is 5.91 Å². The van der Waals surface area contributed by atoms with Crippen LogP contribution in [0, 0.1) is 5.82 Å². The Bertz CT molecular complexity index is 1320. The number of hydrogen-bond acceptors (Lipinski definition) is 2. The number of urea groups is 1. The van der Waals surface area contributed by atoms with Crippen molar-refractivity contribution in [2.45, 2.75) is 32.7 Å². The van der Waals surface area contributed by atoms with Gasteiger partial charge in [0.1, 0.15) is 12.4 Å². The Morgan fingerprint density at radius 2 is 1.70 bits per heavy atom. The molecule has 6 nitrogen and oxygen atoms in total. The maximum Gasteiger partial charge on any atom is 0.322 e. The van der Waals surface area contributed by atoms with Gasteiger partial charge in [-0.05, 0) is 48.2 Å². The van der Waals surface area contributed by atoms with Gasteiger partial charge in [0.05, 0.1) is 0 Å². The number of rotatable bonds is 11. The van der Waals surface area contributed by atoms with Crippen molar-refractivity contribution in [1.82, 2.24) is 14.8 Å². The van der Waals surface area contributed by atoms with E-state index in [2.05, 4.69) is 16.4 Å². The normalized spacial score (nSPS) is 10.9. The van der Waals surface area contributed by atoms with Crippen molar-refractivity contribution in [2.24, 2.45) is 0 Å². The highest BCUT2D eigenvalue weighted by molar-refractivity contribution is 5.92. The molecule has 1 aromatic heterocycles. The van der Waals surface area contributed by atoms with Crippen LogP contribution < -0.4 is 5.32 Å². The Morgan fingerprint density at radius 3 is 2.49 bits per heavy atom. The Labute approximate surface area is 217 Å². The minimum Gasteiger partial charge on any atom is -0.361 e. The highest BCUT2D eigenvalue weighted by Crippen LogP contribution is 2.19. The average Bonchev–Trinajstić information content (AvgIpc) is 3.32. The first-order chi connectivity index (χ1) is 18.0. The summed E-state index contributed by atoms with van der Waals surface area (Å²) < 4.78 is 13.6. The third kappa shape index (κ3) is 7.19. The van der Waals surface area contributed by atoms with Crippen LogP contribution in [0.5, 0.6) is 0 Å². The van der Waals surface area contributed by atoms with Crippen LogP contribution >= 0.6 is 0 Å². The van der Waals surface area contributed by atoms with Crippen LogP contribution in [-0.4, -0.2) is 46.4 Å². The summed E-state index contributed by atoms with van der Waals surface area (Å²) in [6.07, 6.45) is 4.33. The largest absolute Gasteiger partial charge is 0.361 e. The molecule has 0 fully saturated rings. The van der Waals surface area contributed by atoms with Gasteiger partial charge in [-0.25, -0.2) is 9.18 Å². The summed E-state index contributed by atoms with van der Waals surface area (Å²) in [4.78, 5) is 33.3. The molecule has 192 valence electrons. The highest BCUT2D eigenvalue weighted by Gasteiger charge is 2.22. The van der Waals surface area contributed by atoms with Crippen LogP contribution in [-0.2, 0) is 17.8 Å². The van der Waals surface area contributed by atoms with Crippen molar-refractivity contribution in [3.05, 3.63) is 102 Å². The number of benzene rings is 3. The fourth-order valence-electron chi connectivity index (χ4n) is 4.32. The standard InChI is InChI=1S/C30H33FN4O2/c1-2-3-17-35(30(37)33-26-13-9-12-25(31)19-26)22-29(36)34(21-23-10-5-4-6-11-23)18-16-24-20-32-28-15-8-7-14-27(24)28/h4-15,19-20,32H,2-3,16-18,21-22H2,1H3,(H,33,37). The molecule has 0 unspecified atom stereocenters. The quantitative estimate of drug-likeness (QED) is 0.257. The molecule has 0 saturated heterocycles. The van der Waals surface area contributed by atoms with Gasteiger partial charge in [0.15, 0.2) is 0 Å². The first-order valence-corrected chi connectivity index (χ1v) is 12.7. The lowest BCUT2D eigenvalue weighted by Gasteiger charge is -2.28. The van der Waals surface area contributed by atoms with Crippen molar-refractivity contribution in [3.8, 4) is 0 Å². The molecule has 7 heteroatoms. The first kappa shape index (κ1) is 25.9. The van der Waals surface area contributed by atoms with E-state index in [0.717, 1.165) is 34.9 Å². The van der Waals surface area contributed by atoms with Gasteiger partial charge in [0, 0.05) is 42.4 Å². The number of carbonyl (C=O) groups excluding carboxylic acids is 2. The molecular weight excluding hydrogens is 467 g/mol. The number of aromatic amines is 1. The molecule has 3 aromatic carbocycles. The molecule has 37 heavy (non-hydrogen) atoms. The summed E-state index contributed by atoms with van der Waals surface area (Å²) in [5.74, 6) is -0.561. The van der Waals surface area contributed by atoms with E-state index in [9.17, 15) is 14.0 Å². The van der Waals surface area contributed by atoms with Gasteiger partial charge < -0.3 is 20.1 Å². The Kier molecular flexibility index (Phi) is 8.92. The summed E-state index contributed by atoms with van der Waals surface area (Å²) in [6.45, 7) is 3.39. The van der Waals surface area contributed by atoms with Gasteiger partial charge in [-0.2, -0.15) is 0 Å². The number of nitrogens with zero attached hydrogens (tertiary/aromatic N) is 2. The summed E-state index contributed by atoms with van der Waals surface area (Å²) in [6, 6.07) is 23.3. The van der Waals surface area contributed by atoms with E-state index in [1.54, 1.807) is 12.1 Å². The second-order valence-corrected chi connectivity index (χ2v) is 9.13. The number of para-hydroxylation sites is 1. The third-order valence-corrected chi connectivity index (χ3v) is 6.37. The molecule has 1 heterocycles. The van der Waals surface area contributed by atoms with E-state index in [0.29, 0.717) is 31.7 Å². The Morgan fingerprint density at radius 1 is 0.919 bits per heavy atom. The second kappa shape index (κ2) is 12.7. The van der Waals surface area contributed by atoms with Crippen molar-refractivity contribution >= 4 is 28.5 Å². The SMILES string of the molecule is CCCCN(CC(=O)N(CCc1c[nH]c2ccccc12)Cc1ccccc1)C(=O)Nc1cccc(F)c1. The van der Waals surface area contributed by atoms with Crippen LogP contribution in [0.25, 0.3) is 10.9 Å². The lowest BCUT2D eigenvalue weighted by atomic mass is 10.1. The van der Waals surface area contributed by atoms with E-state index < -0.39 is 11.8 Å². The molecule has 0 radical (unpaired) electrons. The molecule has 0 aliphatic rings. The van der Waals surface area contributed by atoms with Crippen molar-refractivity contribution in [1.29, 1.82) is 0 Å². The molecule has 4 rings (SSSR count). The smallest absolute Gasteiger partial charge is 0.322 e. The predicted octanol–water partition coefficient (Wildman–Crippen LogP) is 6.21. The molecule has 0 aliphatic carbocycles. The minimum atomic E-state index is -0.430. The zero-order chi connectivity index (χ0) is 26.0. The van der Waals surface area contributed by atoms with Crippen LogP contribution in [0.3, 0.4) is 0 Å². The summed E-state index contributed by atoms with van der Waals surface area (Å²) in [5.41, 5.74) is 3.60. The van der Waals surface area contributed by atoms with Crippen LogP contribution in [0.2, 0.25) is 0 Å². The topological polar surface area (TPSA) is 68.4 Å². The molecule has 4 aromatic rings. The van der Waals surface area contributed by atoms with Crippen LogP contribution in [0.1, 0.15) is 30.9 Å². The molecule has 3 amide bonds. The van der Waals surface area contributed by atoms with Crippen LogP contribution in [0.15, 0.2) is 85.1 Å². The predicted molar refractivity (Wildman–Crippen MR) is 146 cm³/mol. The van der Waals surface area contributed by atoms with Gasteiger partial charge in [0.25, 0.3) is 0 Å². The fraction of sp³-hybridized carbons (Fsp3) is 0.267. The monoisotopic (exact) mass is 500 g/mol. The minimum absolute atomic E-state index is 0.0537. The summed E-state index contributed by atoms with van der Waals surface area (Å²) in [7, 11) is 0.